The summed E-state index contributed by atoms with van der Waals surface area (Å²) in [5, 5.41) is 0. The topological polar surface area (TPSA) is 45.9 Å². The van der Waals surface area contributed by atoms with Crippen molar-refractivity contribution in [2.75, 3.05) is 19.8 Å². The molecule has 2 atom stereocenters. The average molecular weight is 338 g/mol. The molecule has 7 heteroatoms. The number of amides is 1. The molecular weight excluding hydrogens is 320 g/mol. The zero-order valence-electron chi connectivity index (χ0n) is 12.5. The zero-order chi connectivity index (χ0) is 15.7. The molecule has 2 saturated heterocycles. The molecular formula is C15H18N2O3S2. The van der Waals surface area contributed by atoms with Crippen molar-refractivity contribution in [3.8, 4) is 0 Å². The Bertz CT molecular complexity index is 590. The summed E-state index contributed by atoms with van der Waals surface area (Å²) in [5.41, 5.74) is 0. The minimum Gasteiger partial charge on any atom is -0.465 e. The van der Waals surface area contributed by atoms with Gasteiger partial charge in [0.15, 0.2) is 0 Å². The van der Waals surface area contributed by atoms with Gasteiger partial charge in [-0.15, -0.1) is 0 Å². The smallest absolute Gasteiger partial charge is 0.267 e. The van der Waals surface area contributed by atoms with Crippen LogP contribution in [0.5, 0.6) is 0 Å². The van der Waals surface area contributed by atoms with Crippen LogP contribution in [0.25, 0.3) is 6.08 Å². The van der Waals surface area contributed by atoms with Gasteiger partial charge in [0.1, 0.15) is 10.1 Å². The van der Waals surface area contributed by atoms with Crippen LogP contribution in [0, 0.1) is 0 Å². The van der Waals surface area contributed by atoms with E-state index in [1.54, 1.807) is 23.3 Å². The molecule has 2 aliphatic rings. The van der Waals surface area contributed by atoms with Crippen LogP contribution < -0.4 is 0 Å². The van der Waals surface area contributed by atoms with Crippen LogP contribution >= 0.6 is 24.0 Å². The summed E-state index contributed by atoms with van der Waals surface area (Å²) in [4.78, 5) is 17.0. The Hall–Kier alpha value is -1.15. The lowest BCUT2D eigenvalue weighted by molar-refractivity contribution is -0.126. The number of thiocarbonyl (C=S) groups is 1. The molecule has 1 aromatic heterocycles. The monoisotopic (exact) mass is 338 g/mol. The lowest BCUT2D eigenvalue weighted by Gasteiger charge is -2.36. The molecule has 1 amide bonds. The van der Waals surface area contributed by atoms with Gasteiger partial charge in [-0.2, -0.15) is 0 Å². The number of hydrogen-bond donors (Lipinski definition) is 0. The minimum atomic E-state index is -0.0572. The van der Waals surface area contributed by atoms with Crippen LogP contribution in [-0.2, 0) is 9.53 Å². The van der Waals surface area contributed by atoms with Crippen molar-refractivity contribution in [3.63, 3.8) is 0 Å². The summed E-state index contributed by atoms with van der Waals surface area (Å²) in [7, 11) is 0. The number of carbonyl (C=O) groups excluding carboxylic acids is 1. The first-order valence-electron chi connectivity index (χ1n) is 7.19. The molecule has 118 valence electrons. The lowest BCUT2D eigenvalue weighted by Crippen LogP contribution is -2.50. The fourth-order valence-corrected chi connectivity index (χ4v) is 3.95. The highest BCUT2D eigenvalue weighted by molar-refractivity contribution is 8.26. The number of thioether (sulfide) groups is 1. The number of nitrogens with zero attached hydrogens (tertiary/aromatic N) is 2. The Labute approximate surface area is 139 Å². The Morgan fingerprint density at radius 2 is 2.14 bits per heavy atom. The molecule has 2 unspecified atom stereocenters. The Morgan fingerprint density at radius 3 is 2.77 bits per heavy atom. The van der Waals surface area contributed by atoms with E-state index < -0.39 is 0 Å². The molecule has 2 aliphatic heterocycles. The standard InChI is InChI=1S/C15H18N2O3S2/c1-10-7-16(8-11(2)20-10)9-17-14(18)13(22-15(17)21)6-12-4-3-5-19-12/h3-6,10-11H,7-9H2,1-2H3/b13-6-. The predicted molar refractivity (Wildman–Crippen MR) is 90.2 cm³/mol. The third kappa shape index (κ3) is 3.43. The number of furan rings is 1. The van der Waals surface area contributed by atoms with Crippen LogP contribution in [0.1, 0.15) is 19.6 Å². The summed E-state index contributed by atoms with van der Waals surface area (Å²) in [6, 6.07) is 3.61. The summed E-state index contributed by atoms with van der Waals surface area (Å²) in [5.74, 6) is 0.604. The van der Waals surface area contributed by atoms with Crippen molar-refractivity contribution >= 4 is 40.3 Å². The van der Waals surface area contributed by atoms with Gasteiger partial charge in [-0.1, -0.05) is 24.0 Å². The predicted octanol–water partition coefficient (Wildman–Crippen LogP) is 2.55. The largest absolute Gasteiger partial charge is 0.465 e. The van der Waals surface area contributed by atoms with Crippen LogP contribution in [0.15, 0.2) is 27.7 Å². The SMILES string of the molecule is CC1CN(CN2C(=O)/C(=C/c3ccco3)SC2=S)CC(C)O1. The number of hydrogen-bond acceptors (Lipinski definition) is 6. The highest BCUT2D eigenvalue weighted by Crippen LogP contribution is 2.33. The maximum atomic E-state index is 12.5. The first kappa shape index (κ1) is 15.7. The number of ether oxygens (including phenoxy) is 1. The quantitative estimate of drug-likeness (QED) is 0.623. The molecule has 2 fully saturated rings. The second-order valence-corrected chi connectivity index (χ2v) is 7.24. The summed E-state index contributed by atoms with van der Waals surface area (Å²) in [6.07, 6.45) is 3.66. The van der Waals surface area contributed by atoms with Crippen molar-refractivity contribution in [1.29, 1.82) is 0 Å². The number of morpholine rings is 1. The minimum absolute atomic E-state index is 0.0572. The third-order valence-corrected chi connectivity index (χ3v) is 4.90. The molecule has 3 heterocycles. The normalized spacial score (nSPS) is 28.8. The van der Waals surface area contributed by atoms with Gasteiger partial charge in [0.25, 0.3) is 5.91 Å². The van der Waals surface area contributed by atoms with Crippen LogP contribution in [0.4, 0.5) is 0 Å². The molecule has 22 heavy (non-hydrogen) atoms. The summed E-state index contributed by atoms with van der Waals surface area (Å²) < 4.78 is 11.6. The molecule has 0 radical (unpaired) electrons. The first-order chi connectivity index (χ1) is 10.5. The van der Waals surface area contributed by atoms with Crippen molar-refractivity contribution in [2.45, 2.75) is 26.1 Å². The van der Waals surface area contributed by atoms with Gasteiger partial charge in [0, 0.05) is 19.2 Å². The molecule has 1 aromatic rings. The van der Waals surface area contributed by atoms with Gasteiger partial charge in [-0.3, -0.25) is 14.6 Å². The summed E-state index contributed by atoms with van der Waals surface area (Å²) >= 11 is 6.68. The highest BCUT2D eigenvalue weighted by atomic mass is 32.2. The van der Waals surface area contributed by atoms with E-state index in [1.807, 2.05) is 19.9 Å². The number of rotatable bonds is 3. The lowest BCUT2D eigenvalue weighted by atomic mass is 10.2. The van der Waals surface area contributed by atoms with E-state index in [4.69, 9.17) is 21.4 Å². The van der Waals surface area contributed by atoms with E-state index in [0.29, 0.717) is 21.7 Å². The molecule has 0 spiro atoms. The third-order valence-electron chi connectivity index (χ3n) is 3.53. The molecule has 0 aliphatic carbocycles. The van der Waals surface area contributed by atoms with E-state index in [-0.39, 0.29) is 18.1 Å². The van der Waals surface area contributed by atoms with Gasteiger partial charge in [0.05, 0.1) is 30.0 Å². The van der Waals surface area contributed by atoms with Crippen molar-refractivity contribution in [3.05, 3.63) is 29.1 Å². The molecule has 3 rings (SSSR count). The molecule has 0 aromatic carbocycles. The summed E-state index contributed by atoms with van der Waals surface area (Å²) in [6.45, 7) is 6.21. The van der Waals surface area contributed by atoms with Gasteiger partial charge < -0.3 is 9.15 Å². The second-order valence-electron chi connectivity index (χ2n) is 5.56. The van der Waals surface area contributed by atoms with Gasteiger partial charge in [0.2, 0.25) is 0 Å². The Kier molecular flexibility index (Phi) is 4.67. The van der Waals surface area contributed by atoms with E-state index in [1.165, 1.54) is 11.8 Å². The zero-order valence-corrected chi connectivity index (χ0v) is 14.2. The fraction of sp³-hybridized carbons (Fsp3) is 0.467. The maximum Gasteiger partial charge on any atom is 0.267 e. The van der Waals surface area contributed by atoms with Crippen LogP contribution in [-0.4, -0.2) is 52.0 Å². The average Bonchev–Trinajstić information content (AvgIpc) is 3.03. The first-order valence-corrected chi connectivity index (χ1v) is 8.42. The molecule has 5 nitrogen and oxygen atoms in total. The fourth-order valence-electron chi connectivity index (χ4n) is 2.72. The molecule has 0 N–H and O–H groups in total. The Balaban J connectivity index is 1.69. The molecule has 0 bridgehead atoms. The highest BCUT2D eigenvalue weighted by Gasteiger charge is 2.34. The van der Waals surface area contributed by atoms with Crippen molar-refractivity contribution in [2.24, 2.45) is 0 Å². The maximum absolute atomic E-state index is 12.5. The second kappa shape index (κ2) is 6.54. The van der Waals surface area contributed by atoms with Gasteiger partial charge in [-0.25, -0.2) is 0 Å². The van der Waals surface area contributed by atoms with E-state index in [0.717, 1.165) is 13.1 Å². The van der Waals surface area contributed by atoms with Gasteiger partial charge in [-0.05, 0) is 26.0 Å². The van der Waals surface area contributed by atoms with E-state index in [9.17, 15) is 4.79 Å². The van der Waals surface area contributed by atoms with Crippen molar-refractivity contribution in [1.82, 2.24) is 9.80 Å². The van der Waals surface area contributed by atoms with Crippen molar-refractivity contribution < 1.29 is 13.9 Å². The van der Waals surface area contributed by atoms with E-state index in [2.05, 4.69) is 4.90 Å². The van der Waals surface area contributed by atoms with Crippen LogP contribution in [0.2, 0.25) is 0 Å². The molecule has 0 saturated carbocycles. The van der Waals surface area contributed by atoms with E-state index >= 15 is 0 Å². The Morgan fingerprint density at radius 1 is 1.41 bits per heavy atom. The number of carbonyl (C=O) groups is 1. The van der Waals surface area contributed by atoms with Crippen LogP contribution in [0.3, 0.4) is 0 Å². The van der Waals surface area contributed by atoms with Gasteiger partial charge >= 0.3 is 0 Å².